The molecule has 4 nitrogen and oxygen atoms in total. The van der Waals surface area contributed by atoms with Gasteiger partial charge in [0.05, 0.1) is 5.69 Å². The monoisotopic (exact) mass is 281 g/mol. The molecule has 102 valence electrons. The summed E-state index contributed by atoms with van der Waals surface area (Å²) < 4.78 is 13.7. The van der Waals surface area contributed by atoms with E-state index in [-0.39, 0.29) is 22.7 Å². The summed E-state index contributed by atoms with van der Waals surface area (Å²) in [6, 6.07) is 4.06. The lowest BCUT2D eigenvalue weighted by atomic mass is 10.2. The molecule has 1 fully saturated rings. The van der Waals surface area contributed by atoms with Crippen LogP contribution < -0.4 is 16.4 Å². The molecule has 0 bridgehead atoms. The van der Waals surface area contributed by atoms with Gasteiger partial charge < -0.3 is 16.4 Å². The van der Waals surface area contributed by atoms with Crippen molar-refractivity contribution in [3.8, 4) is 0 Å². The normalized spacial score (nSPS) is 15.2. The molecule has 0 unspecified atom stereocenters. The van der Waals surface area contributed by atoms with Crippen molar-refractivity contribution in [1.29, 1.82) is 0 Å². The summed E-state index contributed by atoms with van der Waals surface area (Å²) in [4.78, 5) is 11.8. The summed E-state index contributed by atoms with van der Waals surface area (Å²) in [7, 11) is 0. The van der Waals surface area contributed by atoms with Crippen molar-refractivity contribution in [3.63, 3.8) is 0 Å². The number of benzene rings is 1. The van der Waals surface area contributed by atoms with E-state index in [1.54, 1.807) is 6.07 Å². The number of thiocarbonyl (C=S) groups is 1. The lowest BCUT2D eigenvalue weighted by Crippen LogP contribution is -2.36. The lowest BCUT2D eigenvalue weighted by molar-refractivity contribution is 0.248. The Morgan fingerprint density at radius 3 is 2.63 bits per heavy atom. The molecule has 0 atom stereocenters. The average molecular weight is 281 g/mol. The fourth-order valence-electron chi connectivity index (χ4n) is 2.18. The van der Waals surface area contributed by atoms with Gasteiger partial charge in [-0.25, -0.2) is 9.18 Å². The van der Waals surface area contributed by atoms with E-state index in [0.717, 1.165) is 25.7 Å². The van der Waals surface area contributed by atoms with Gasteiger partial charge in [0.15, 0.2) is 0 Å². The van der Waals surface area contributed by atoms with Gasteiger partial charge in [0.1, 0.15) is 10.8 Å². The summed E-state index contributed by atoms with van der Waals surface area (Å²) in [6.45, 7) is 0. The molecule has 0 heterocycles. The van der Waals surface area contributed by atoms with Crippen molar-refractivity contribution in [2.75, 3.05) is 5.32 Å². The Bertz CT molecular complexity index is 501. The van der Waals surface area contributed by atoms with Crippen molar-refractivity contribution >= 4 is 28.9 Å². The van der Waals surface area contributed by atoms with Gasteiger partial charge in [-0.1, -0.05) is 25.1 Å². The van der Waals surface area contributed by atoms with E-state index >= 15 is 0 Å². The minimum atomic E-state index is -0.549. The number of nitrogens with two attached hydrogens (primary N) is 1. The highest BCUT2D eigenvalue weighted by atomic mass is 32.1. The molecule has 0 spiro atoms. The van der Waals surface area contributed by atoms with Gasteiger partial charge in [-0.3, -0.25) is 0 Å². The highest BCUT2D eigenvalue weighted by Crippen LogP contribution is 2.19. The maximum absolute atomic E-state index is 13.7. The molecule has 2 rings (SSSR count). The third-order valence-electron chi connectivity index (χ3n) is 3.19. The Labute approximate surface area is 116 Å². The number of halogens is 1. The maximum Gasteiger partial charge on any atom is 0.319 e. The molecule has 0 aromatic heterocycles. The smallest absolute Gasteiger partial charge is 0.319 e. The maximum atomic E-state index is 13.7. The number of carbonyl (C=O) groups is 1. The fourth-order valence-corrected chi connectivity index (χ4v) is 2.31. The zero-order chi connectivity index (χ0) is 13.8. The van der Waals surface area contributed by atoms with Crippen LogP contribution in [0.25, 0.3) is 0 Å². The molecule has 6 heteroatoms. The number of hydrogen-bond donors (Lipinski definition) is 3. The van der Waals surface area contributed by atoms with Crippen LogP contribution >= 0.6 is 12.2 Å². The molecule has 2 amide bonds. The Morgan fingerprint density at radius 1 is 1.37 bits per heavy atom. The molecule has 19 heavy (non-hydrogen) atoms. The number of anilines is 1. The molecule has 0 aliphatic heterocycles. The van der Waals surface area contributed by atoms with Gasteiger partial charge in [-0.2, -0.15) is 0 Å². The van der Waals surface area contributed by atoms with Gasteiger partial charge in [-0.05, 0) is 31.0 Å². The second-order valence-corrected chi connectivity index (χ2v) is 5.08. The van der Waals surface area contributed by atoms with Gasteiger partial charge >= 0.3 is 6.03 Å². The third-order valence-corrected chi connectivity index (χ3v) is 3.43. The first-order valence-corrected chi connectivity index (χ1v) is 6.64. The molecule has 0 radical (unpaired) electrons. The quantitative estimate of drug-likeness (QED) is 0.746. The van der Waals surface area contributed by atoms with Crippen LogP contribution in [0.5, 0.6) is 0 Å². The van der Waals surface area contributed by atoms with E-state index in [0.29, 0.717) is 5.56 Å². The van der Waals surface area contributed by atoms with Crippen molar-refractivity contribution in [3.05, 3.63) is 29.6 Å². The summed E-state index contributed by atoms with van der Waals surface area (Å²) in [5, 5.41) is 5.32. The molecular formula is C13H16FN3OS. The number of hydrogen-bond acceptors (Lipinski definition) is 2. The van der Waals surface area contributed by atoms with Crippen LogP contribution in [-0.4, -0.2) is 17.1 Å². The zero-order valence-corrected chi connectivity index (χ0v) is 11.2. The molecular weight excluding hydrogens is 265 g/mol. The molecule has 1 aliphatic carbocycles. The highest BCUT2D eigenvalue weighted by Gasteiger charge is 2.17. The second-order valence-electron chi connectivity index (χ2n) is 4.64. The molecule has 1 aromatic rings. The first kappa shape index (κ1) is 13.7. The van der Waals surface area contributed by atoms with Crippen molar-refractivity contribution in [1.82, 2.24) is 5.32 Å². The van der Waals surface area contributed by atoms with Gasteiger partial charge in [-0.15, -0.1) is 0 Å². The zero-order valence-electron chi connectivity index (χ0n) is 10.4. The van der Waals surface area contributed by atoms with E-state index < -0.39 is 5.82 Å². The predicted molar refractivity (Wildman–Crippen MR) is 76.7 cm³/mol. The Kier molecular flexibility index (Phi) is 4.31. The minimum absolute atomic E-state index is 0.121. The SMILES string of the molecule is NC(=S)c1ccc(NC(=O)NC2CCCC2)c(F)c1. The topological polar surface area (TPSA) is 67.1 Å². The van der Waals surface area contributed by atoms with Crippen LogP contribution in [0.15, 0.2) is 18.2 Å². The Hall–Kier alpha value is -1.69. The minimum Gasteiger partial charge on any atom is -0.389 e. The van der Waals surface area contributed by atoms with Crippen LogP contribution in [0.1, 0.15) is 31.2 Å². The largest absolute Gasteiger partial charge is 0.389 e. The number of nitrogens with one attached hydrogen (secondary N) is 2. The lowest BCUT2D eigenvalue weighted by Gasteiger charge is -2.13. The van der Waals surface area contributed by atoms with Crippen LogP contribution in [0.3, 0.4) is 0 Å². The predicted octanol–water partition coefficient (Wildman–Crippen LogP) is 2.52. The van der Waals surface area contributed by atoms with Crippen molar-refractivity contribution in [2.24, 2.45) is 5.73 Å². The van der Waals surface area contributed by atoms with Gasteiger partial charge in [0.25, 0.3) is 0 Å². The summed E-state index contributed by atoms with van der Waals surface area (Å²) in [5.74, 6) is -0.549. The summed E-state index contributed by atoms with van der Waals surface area (Å²) in [5.41, 5.74) is 5.97. The molecule has 4 N–H and O–H groups in total. The van der Waals surface area contributed by atoms with Crippen LogP contribution in [0, 0.1) is 5.82 Å². The standard InChI is InChI=1S/C13H16FN3OS/c14-10-7-8(12(15)19)5-6-11(10)17-13(18)16-9-3-1-2-4-9/h5-7,9H,1-4H2,(H2,15,19)(H2,16,17,18). The van der Waals surface area contributed by atoms with Gasteiger partial charge in [0, 0.05) is 11.6 Å². The Morgan fingerprint density at radius 2 is 2.05 bits per heavy atom. The average Bonchev–Trinajstić information content (AvgIpc) is 2.84. The molecule has 1 saturated carbocycles. The number of carbonyl (C=O) groups excluding carboxylic acids is 1. The highest BCUT2D eigenvalue weighted by molar-refractivity contribution is 7.80. The van der Waals surface area contributed by atoms with E-state index in [2.05, 4.69) is 10.6 Å². The summed E-state index contributed by atoms with van der Waals surface area (Å²) in [6.07, 6.45) is 4.22. The van der Waals surface area contributed by atoms with Gasteiger partial charge in [0.2, 0.25) is 0 Å². The second kappa shape index (κ2) is 5.97. The molecule has 1 aliphatic rings. The van der Waals surface area contributed by atoms with Crippen LogP contribution in [0.4, 0.5) is 14.9 Å². The summed E-state index contributed by atoms with van der Waals surface area (Å²) >= 11 is 4.76. The van der Waals surface area contributed by atoms with E-state index in [4.69, 9.17) is 18.0 Å². The first-order chi connectivity index (χ1) is 9.06. The van der Waals surface area contributed by atoms with E-state index in [1.807, 2.05) is 0 Å². The van der Waals surface area contributed by atoms with Crippen LogP contribution in [0.2, 0.25) is 0 Å². The fraction of sp³-hybridized carbons (Fsp3) is 0.385. The molecule has 0 saturated heterocycles. The van der Waals surface area contributed by atoms with E-state index in [9.17, 15) is 9.18 Å². The van der Waals surface area contributed by atoms with E-state index in [1.165, 1.54) is 12.1 Å². The van der Waals surface area contributed by atoms with Crippen LogP contribution in [-0.2, 0) is 0 Å². The third kappa shape index (κ3) is 3.64. The first-order valence-electron chi connectivity index (χ1n) is 6.23. The molecule has 1 aromatic carbocycles. The number of urea groups is 1. The van der Waals surface area contributed by atoms with Crippen molar-refractivity contribution in [2.45, 2.75) is 31.7 Å². The number of rotatable bonds is 3. The number of amides is 2. The Balaban J connectivity index is 1.98. The van der Waals surface area contributed by atoms with Crippen molar-refractivity contribution < 1.29 is 9.18 Å².